The van der Waals surface area contributed by atoms with E-state index in [2.05, 4.69) is 18.7 Å². The number of hydrogen-bond donors (Lipinski definition) is 1. The molecule has 0 spiro atoms. The number of rotatable bonds is 7. The molecule has 122 valence electrons. The lowest BCUT2D eigenvalue weighted by Crippen LogP contribution is -2.58. The van der Waals surface area contributed by atoms with Gasteiger partial charge in [-0.05, 0) is 75.5 Å². The van der Waals surface area contributed by atoms with Gasteiger partial charge in [0.05, 0.1) is 6.61 Å². The summed E-state index contributed by atoms with van der Waals surface area (Å²) in [4.78, 5) is 2.52. The molecule has 1 atom stereocenters. The van der Waals surface area contributed by atoms with Gasteiger partial charge in [0.1, 0.15) is 0 Å². The van der Waals surface area contributed by atoms with Crippen LogP contribution in [0.1, 0.15) is 52.4 Å². The van der Waals surface area contributed by atoms with Gasteiger partial charge in [0, 0.05) is 32.3 Å². The van der Waals surface area contributed by atoms with E-state index in [1.807, 2.05) is 0 Å². The Morgan fingerprint density at radius 1 is 1.10 bits per heavy atom. The van der Waals surface area contributed by atoms with Crippen LogP contribution < -0.4 is 5.73 Å². The Balaban J connectivity index is 1.65. The lowest BCUT2D eigenvalue weighted by molar-refractivity contribution is -0.0732. The molecule has 4 aliphatic carbocycles. The first-order chi connectivity index (χ1) is 10.0. The molecule has 0 aliphatic heterocycles. The van der Waals surface area contributed by atoms with Crippen LogP contribution in [0.25, 0.3) is 0 Å². The Morgan fingerprint density at radius 2 is 1.62 bits per heavy atom. The van der Waals surface area contributed by atoms with Crippen molar-refractivity contribution in [2.45, 2.75) is 64.5 Å². The van der Waals surface area contributed by atoms with Crippen molar-refractivity contribution in [3.05, 3.63) is 0 Å². The summed E-state index contributed by atoms with van der Waals surface area (Å²) in [6, 6.07) is 0.908. The first-order valence-corrected chi connectivity index (χ1v) is 9.01. The fraction of sp³-hybridized carbons (Fsp3) is 1.00. The van der Waals surface area contributed by atoms with Crippen molar-refractivity contribution in [3.8, 4) is 0 Å². The Morgan fingerprint density at radius 3 is 2.05 bits per heavy atom. The van der Waals surface area contributed by atoms with Crippen LogP contribution in [-0.4, -0.2) is 43.8 Å². The van der Waals surface area contributed by atoms with E-state index in [-0.39, 0.29) is 0 Å². The second-order valence-electron chi connectivity index (χ2n) is 8.47. The minimum atomic E-state index is 0.352. The predicted molar refractivity (Wildman–Crippen MR) is 87.2 cm³/mol. The molecule has 2 N–H and O–H groups in total. The van der Waals surface area contributed by atoms with Gasteiger partial charge in [-0.25, -0.2) is 0 Å². The Labute approximate surface area is 130 Å². The van der Waals surface area contributed by atoms with Crippen LogP contribution in [0.15, 0.2) is 0 Å². The van der Waals surface area contributed by atoms with Gasteiger partial charge in [-0.2, -0.15) is 0 Å². The zero-order valence-electron chi connectivity index (χ0n) is 14.2. The molecule has 1 unspecified atom stereocenters. The van der Waals surface area contributed by atoms with Gasteiger partial charge < -0.3 is 10.5 Å². The fourth-order valence-corrected chi connectivity index (χ4v) is 5.85. The van der Waals surface area contributed by atoms with E-state index in [0.717, 1.165) is 37.5 Å². The SMILES string of the molecule is COCCN(CC(N)C12CC3CC(CC(C3)C1)C2)C(C)C. The molecule has 0 radical (unpaired) electrons. The third-order valence-corrected chi connectivity index (χ3v) is 6.62. The molecule has 0 saturated heterocycles. The summed E-state index contributed by atoms with van der Waals surface area (Å²) in [6.45, 7) is 7.43. The molecule has 3 heteroatoms. The first kappa shape index (κ1) is 15.8. The van der Waals surface area contributed by atoms with Gasteiger partial charge in [-0.3, -0.25) is 4.90 Å². The monoisotopic (exact) mass is 294 g/mol. The molecular formula is C18H34N2O. The zero-order valence-corrected chi connectivity index (χ0v) is 14.2. The smallest absolute Gasteiger partial charge is 0.0589 e. The van der Waals surface area contributed by atoms with Crippen LogP contribution in [0.2, 0.25) is 0 Å². The highest BCUT2D eigenvalue weighted by Gasteiger charge is 2.53. The summed E-state index contributed by atoms with van der Waals surface area (Å²) in [7, 11) is 1.79. The maximum absolute atomic E-state index is 6.80. The molecular weight excluding hydrogens is 260 g/mol. The number of methoxy groups -OCH3 is 1. The fourth-order valence-electron chi connectivity index (χ4n) is 5.85. The second kappa shape index (κ2) is 6.17. The highest BCUT2D eigenvalue weighted by atomic mass is 16.5. The highest BCUT2D eigenvalue weighted by molar-refractivity contribution is 5.06. The Kier molecular flexibility index (Phi) is 4.63. The van der Waals surface area contributed by atoms with Crippen molar-refractivity contribution in [3.63, 3.8) is 0 Å². The molecule has 4 saturated carbocycles. The lowest BCUT2D eigenvalue weighted by Gasteiger charge is -2.59. The third kappa shape index (κ3) is 3.16. The summed E-state index contributed by atoms with van der Waals surface area (Å²) in [6.07, 6.45) is 8.75. The first-order valence-electron chi connectivity index (χ1n) is 9.01. The summed E-state index contributed by atoms with van der Waals surface area (Å²) >= 11 is 0. The summed E-state index contributed by atoms with van der Waals surface area (Å²) in [5.74, 6) is 2.98. The van der Waals surface area contributed by atoms with Gasteiger partial charge in [0.25, 0.3) is 0 Å². The van der Waals surface area contributed by atoms with E-state index in [9.17, 15) is 0 Å². The van der Waals surface area contributed by atoms with E-state index >= 15 is 0 Å². The highest BCUT2D eigenvalue weighted by Crippen LogP contribution is 2.61. The molecule has 0 aromatic heterocycles. The van der Waals surface area contributed by atoms with Gasteiger partial charge in [0.15, 0.2) is 0 Å². The number of ether oxygens (including phenoxy) is 1. The molecule has 4 rings (SSSR count). The van der Waals surface area contributed by atoms with E-state index in [0.29, 0.717) is 17.5 Å². The molecule has 3 nitrogen and oxygen atoms in total. The topological polar surface area (TPSA) is 38.5 Å². The van der Waals surface area contributed by atoms with Crippen molar-refractivity contribution in [1.82, 2.24) is 4.90 Å². The van der Waals surface area contributed by atoms with Crippen LogP contribution in [0.3, 0.4) is 0 Å². The number of nitrogens with two attached hydrogens (primary N) is 1. The normalized spacial score (nSPS) is 39.4. The maximum atomic E-state index is 6.80. The average molecular weight is 294 g/mol. The van der Waals surface area contributed by atoms with E-state index in [4.69, 9.17) is 10.5 Å². The summed E-state index contributed by atoms with van der Waals surface area (Å²) in [5, 5.41) is 0. The standard InChI is InChI=1S/C18H34N2O/c1-13(2)20(4-5-21-3)12-17(19)18-9-14-6-15(10-18)8-16(7-14)11-18/h13-17H,4-12,19H2,1-3H3. The summed E-state index contributed by atoms with van der Waals surface area (Å²) < 4.78 is 5.27. The molecule has 21 heavy (non-hydrogen) atoms. The Bertz CT molecular complexity index is 320. The van der Waals surface area contributed by atoms with Crippen molar-refractivity contribution in [1.29, 1.82) is 0 Å². The van der Waals surface area contributed by atoms with Crippen molar-refractivity contribution in [2.24, 2.45) is 28.9 Å². The van der Waals surface area contributed by atoms with E-state index in [1.165, 1.54) is 38.5 Å². The molecule has 0 aromatic carbocycles. The molecule has 0 aromatic rings. The van der Waals surface area contributed by atoms with E-state index < -0.39 is 0 Å². The van der Waals surface area contributed by atoms with Crippen LogP contribution in [0, 0.1) is 23.2 Å². The van der Waals surface area contributed by atoms with Gasteiger partial charge in [-0.15, -0.1) is 0 Å². The van der Waals surface area contributed by atoms with Crippen LogP contribution in [0.4, 0.5) is 0 Å². The van der Waals surface area contributed by atoms with Gasteiger partial charge in [0.2, 0.25) is 0 Å². The van der Waals surface area contributed by atoms with Gasteiger partial charge in [-0.1, -0.05) is 0 Å². The van der Waals surface area contributed by atoms with Crippen molar-refractivity contribution in [2.75, 3.05) is 26.8 Å². The van der Waals surface area contributed by atoms with Crippen molar-refractivity contribution >= 4 is 0 Å². The summed E-state index contributed by atoms with van der Waals surface area (Å²) in [5.41, 5.74) is 7.27. The molecule has 4 aliphatic rings. The second-order valence-corrected chi connectivity index (χ2v) is 8.47. The lowest BCUT2D eigenvalue weighted by atomic mass is 9.48. The van der Waals surface area contributed by atoms with Crippen LogP contribution >= 0.6 is 0 Å². The van der Waals surface area contributed by atoms with Gasteiger partial charge >= 0.3 is 0 Å². The maximum Gasteiger partial charge on any atom is 0.0589 e. The van der Waals surface area contributed by atoms with Crippen molar-refractivity contribution < 1.29 is 4.74 Å². The largest absolute Gasteiger partial charge is 0.383 e. The number of hydrogen-bond acceptors (Lipinski definition) is 3. The quantitative estimate of drug-likeness (QED) is 0.784. The Hall–Kier alpha value is -0.120. The molecule has 0 heterocycles. The minimum absolute atomic E-state index is 0.352. The molecule has 4 fully saturated rings. The number of nitrogens with zero attached hydrogens (tertiary/aromatic N) is 1. The van der Waals surface area contributed by atoms with Crippen LogP contribution in [-0.2, 0) is 4.74 Å². The average Bonchev–Trinajstić information content (AvgIpc) is 2.41. The third-order valence-electron chi connectivity index (χ3n) is 6.62. The molecule has 0 amide bonds. The predicted octanol–water partition coefficient (Wildman–Crippen LogP) is 2.89. The molecule has 4 bridgehead atoms. The minimum Gasteiger partial charge on any atom is -0.383 e. The van der Waals surface area contributed by atoms with E-state index in [1.54, 1.807) is 7.11 Å². The van der Waals surface area contributed by atoms with Crippen LogP contribution in [0.5, 0.6) is 0 Å². The zero-order chi connectivity index (χ0) is 15.0.